The zero-order valence-corrected chi connectivity index (χ0v) is 16.3. The fourth-order valence-electron chi connectivity index (χ4n) is 3.12. The zero-order valence-electron chi connectivity index (χ0n) is 16.3. The van der Waals surface area contributed by atoms with Crippen molar-refractivity contribution in [2.75, 3.05) is 39.3 Å². The highest BCUT2D eigenvalue weighted by Gasteiger charge is 2.26. The molecule has 148 valence electrons. The highest BCUT2D eigenvalue weighted by Crippen LogP contribution is 2.31. The molecule has 0 radical (unpaired) electrons. The highest BCUT2D eigenvalue weighted by molar-refractivity contribution is 5.98. The van der Waals surface area contributed by atoms with Crippen molar-refractivity contribution >= 4 is 17.5 Å². The first-order valence-corrected chi connectivity index (χ1v) is 9.00. The molecule has 0 atom stereocenters. The summed E-state index contributed by atoms with van der Waals surface area (Å²) in [6.45, 7) is 0.700. The summed E-state index contributed by atoms with van der Waals surface area (Å²) in [6.07, 6.45) is 0.217. The first kappa shape index (κ1) is 19.5. The van der Waals surface area contributed by atoms with Gasteiger partial charge in [0.2, 0.25) is 5.91 Å². The minimum Gasteiger partial charge on any atom is -0.497 e. The monoisotopic (exact) mass is 384 g/mol. The van der Waals surface area contributed by atoms with E-state index in [2.05, 4.69) is 0 Å². The molecule has 2 aromatic carbocycles. The number of carbonyl (C=O) groups excluding carboxylic acids is 2. The highest BCUT2D eigenvalue weighted by atomic mass is 16.5. The molecule has 7 heteroatoms. The van der Waals surface area contributed by atoms with Gasteiger partial charge in [0.1, 0.15) is 17.2 Å². The predicted molar refractivity (Wildman–Crippen MR) is 105 cm³/mol. The smallest absolute Gasteiger partial charge is 0.265 e. The van der Waals surface area contributed by atoms with E-state index < -0.39 is 0 Å². The second-order valence-electron chi connectivity index (χ2n) is 6.48. The Hall–Kier alpha value is -3.22. The predicted octanol–water partition coefficient (Wildman–Crippen LogP) is 2.48. The maximum absolute atomic E-state index is 12.6. The SMILES string of the molecule is COc1ccc(CN(C)C(=O)CCN2C(=O)COc3ccccc32)c(OC)c1. The third-order valence-corrected chi connectivity index (χ3v) is 4.69. The topological polar surface area (TPSA) is 68.3 Å². The number of rotatable bonds is 7. The van der Waals surface area contributed by atoms with Crippen LogP contribution in [0.4, 0.5) is 5.69 Å². The van der Waals surface area contributed by atoms with Crippen LogP contribution in [0.5, 0.6) is 17.2 Å². The molecular formula is C21H24N2O5. The number of nitrogens with zero attached hydrogens (tertiary/aromatic N) is 2. The van der Waals surface area contributed by atoms with Crippen LogP contribution in [0, 0.1) is 0 Å². The molecule has 0 aromatic heterocycles. The van der Waals surface area contributed by atoms with Crippen LogP contribution >= 0.6 is 0 Å². The maximum atomic E-state index is 12.6. The van der Waals surface area contributed by atoms with Gasteiger partial charge >= 0.3 is 0 Å². The minimum atomic E-state index is -0.147. The van der Waals surface area contributed by atoms with Crippen LogP contribution in [0.2, 0.25) is 0 Å². The molecule has 0 saturated heterocycles. The lowest BCUT2D eigenvalue weighted by Crippen LogP contribution is -2.41. The number of anilines is 1. The summed E-state index contributed by atoms with van der Waals surface area (Å²) in [4.78, 5) is 28.1. The lowest BCUT2D eigenvalue weighted by Gasteiger charge is -2.29. The van der Waals surface area contributed by atoms with E-state index in [0.29, 0.717) is 36.0 Å². The van der Waals surface area contributed by atoms with Crippen LogP contribution in [0.3, 0.4) is 0 Å². The van der Waals surface area contributed by atoms with Gasteiger partial charge in [-0.25, -0.2) is 0 Å². The molecule has 1 aliphatic rings. The van der Waals surface area contributed by atoms with Crippen LogP contribution in [0.1, 0.15) is 12.0 Å². The van der Waals surface area contributed by atoms with Gasteiger partial charge in [0, 0.05) is 38.2 Å². The fourth-order valence-corrected chi connectivity index (χ4v) is 3.12. The second-order valence-corrected chi connectivity index (χ2v) is 6.48. The van der Waals surface area contributed by atoms with Gasteiger partial charge in [-0.3, -0.25) is 9.59 Å². The van der Waals surface area contributed by atoms with Crippen molar-refractivity contribution in [2.45, 2.75) is 13.0 Å². The summed E-state index contributed by atoms with van der Waals surface area (Å²) in [5, 5.41) is 0. The normalized spacial score (nSPS) is 12.8. The van der Waals surface area contributed by atoms with Crippen LogP contribution < -0.4 is 19.1 Å². The average molecular weight is 384 g/mol. The number of fused-ring (bicyclic) bond motifs is 1. The molecule has 0 saturated carbocycles. The number of hydrogen-bond donors (Lipinski definition) is 0. The Labute approximate surface area is 164 Å². The van der Waals surface area contributed by atoms with E-state index in [0.717, 1.165) is 5.56 Å². The van der Waals surface area contributed by atoms with E-state index >= 15 is 0 Å². The summed E-state index contributed by atoms with van der Waals surface area (Å²) < 4.78 is 16.0. The van der Waals surface area contributed by atoms with Crippen molar-refractivity contribution in [1.82, 2.24) is 4.90 Å². The van der Waals surface area contributed by atoms with Gasteiger partial charge in [0.05, 0.1) is 19.9 Å². The van der Waals surface area contributed by atoms with Gasteiger partial charge < -0.3 is 24.0 Å². The van der Waals surface area contributed by atoms with Crippen LogP contribution in [0.25, 0.3) is 0 Å². The lowest BCUT2D eigenvalue weighted by atomic mass is 10.1. The molecule has 0 spiro atoms. The third-order valence-electron chi connectivity index (χ3n) is 4.69. The molecule has 3 rings (SSSR count). The van der Waals surface area contributed by atoms with E-state index in [9.17, 15) is 9.59 Å². The average Bonchev–Trinajstić information content (AvgIpc) is 2.73. The van der Waals surface area contributed by atoms with Crippen molar-refractivity contribution in [3.63, 3.8) is 0 Å². The first-order chi connectivity index (χ1) is 13.5. The Bertz CT molecular complexity index is 868. The number of methoxy groups -OCH3 is 2. The van der Waals surface area contributed by atoms with Gasteiger partial charge in [0.15, 0.2) is 6.61 Å². The maximum Gasteiger partial charge on any atom is 0.265 e. The molecule has 0 unspecified atom stereocenters. The summed E-state index contributed by atoms with van der Waals surface area (Å²) >= 11 is 0. The van der Waals surface area contributed by atoms with Gasteiger partial charge in [-0.15, -0.1) is 0 Å². The Kier molecular flexibility index (Phi) is 6.03. The molecule has 0 aliphatic carbocycles. The summed E-state index contributed by atoms with van der Waals surface area (Å²) in [5.41, 5.74) is 1.58. The van der Waals surface area contributed by atoms with Gasteiger partial charge in [-0.2, -0.15) is 0 Å². The number of carbonyl (C=O) groups is 2. The second kappa shape index (κ2) is 8.65. The van der Waals surface area contributed by atoms with Crippen LogP contribution in [0.15, 0.2) is 42.5 Å². The Morgan fingerprint density at radius 2 is 1.96 bits per heavy atom. The zero-order chi connectivity index (χ0) is 20.1. The Morgan fingerprint density at radius 1 is 1.18 bits per heavy atom. The number of para-hydroxylation sites is 2. The molecule has 0 N–H and O–H groups in total. The van der Waals surface area contributed by atoms with Gasteiger partial charge in [-0.1, -0.05) is 12.1 Å². The molecule has 28 heavy (non-hydrogen) atoms. The van der Waals surface area contributed by atoms with Crippen LogP contribution in [-0.4, -0.2) is 51.1 Å². The largest absolute Gasteiger partial charge is 0.497 e. The molecular weight excluding hydrogens is 360 g/mol. The van der Waals surface area contributed by atoms with Crippen LogP contribution in [-0.2, 0) is 16.1 Å². The summed E-state index contributed by atoms with van der Waals surface area (Å²) in [5.74, 6) is 1.81. The van der Waals surface area contributed by atoms with E-state index in [1.807, 2.05) is 36.4 Å². The third kappa shape index (κ3) is 4.19. The summed E-state index contributed by atoms with van der Waals surface area (Å²) in [6, 6.07) is 12.8. The van der Waals surface area contributed by atoms with Crippen molar-refractivity contribution < 1.29 is 23.8 Å². The molecule has 2 amide bonds. The van der Waals surface area contributed by atoms with Gasteiger partial charge in [-0.05, 0) is 24.3 Å². The van der Waals surface area contributed by atoms with Crippen molar-refractivity contribution in [3.8, 4) is 17.2 Å². The minimum absolute atomic E-state index is 0.00983. The Balaban J connectivity index is 1.63. The number of amides is 2. The molecule has 2 aromatic rings. The molecule has 1 aliphatic heterocycles. The Morgan fingerprint density at radius 3 is 2.71 bits per heavy atom. The van der Waals surface area contributed by atoms with Gasteiger partial charge in [0.25, 0.3) is 5.91 Å². The number of hydrogen-bond acceptors (Lipinski definition) is 5. The summed E-state index contributed by atoms with van der Waals surface area (Å²) in [7, 11) is 4.91. The molecule has 0 fully saturated rings. The van der Waals surface area contributed by atoms with E-state index in [1.54, 1.807) is 37.1 Å². The first-order valence-electron chi connectivity index (χ1n) is 9.00. The van der Waals surface area contributed by atoms with E-state index in [1.165, 1.54) is 0 Å². The molecule has 7 nitrogen and oxygen atoms in total. The standard InChI is InChI=1S/C21H24N2O5/c1-22(13-15-8-9-16(26-2)12-19(15)27-3)20(24)10-11-23-17-6-4-5-7-18(17)28-14-21(23)25/h4-9,12H,10-11,13-14H2,1-3H3. The molecule has 0 bridgehead atoms. The quantitative estimate of drug-likeness (QED) is 0.734. The van der Waals surface area contributed by atoms with E-state index in [-0.39, 0.29) is 24.8 Å². The van der Waals surface area contributed by atoms with Crippen molar-refractivity contribution in [2.24, 2.45) is 0 Å². The molecule has 1 heterocycles. The van der Waals surface area contributed by atoms with Crippen molar-refractivity contribution in [3.05, 3.63) is 48.0 Å². The number of benzene rings is 2. The fraction of sp³-hybridized carbons (Fsp3) is 0.333. The lowest BCUT2D eigenvalue weighted by molar-refractivity contribution is -0.130. The number of ether oxygens (including phenoxy) is 3. The van der Waals surface area contributed by atoms with Crippen molar-refractivity contribution in [1.29, 1.82) is 0 Å². The van der Waals surface area contributed by atoms with E-state index in [4.69, 9.17) is 14.2 Å².